The number of benzene rings is 2. The van der Waals surface area contributed by atoms with Crippen molar-refractivity contribution in [3.8, 4) is 5.75 Å². The first-order valence-electron chi connectivity index (χ1n) is 8.40. The third kappa shape index (κ3) is 5.96. The molecule has 0 saturated carbocycles. The van der Waals surface area contributed by atoms with Crippen LogP contribution in [-0.2, 0) is 14.8 Å². The highest BCUT2D eigenvalue weighted by molar-refractivity contribution is 7.92. The van der Waals surface area contributed by atoms with E-state index in [1.165, 1.54) is 31.2 Å². The van der Waals surface area contributed by atoms with E-state index < -0.39 is 22.0 Å². The summed E-state index contributed by atoms with van der Waals surface area (Å²) >= 11 is 0. The van der Waals surface area contributed by atoms with Gasteiger partial charge in [-0.1, -0.05) is 17.7 Å². The van der Waals surface area contributed by atoms with E-state index in [1.807, 2.05) is 6.92 Å². The summed E-state index contributed by atoms with van der Waals surface area (Å²) in [6, 6.07) is 11.5. The molecule has 1 N–H and O–H groups in total. The van der Waals surface area contributed by atoms with Crippen molar-refractivity contribution in [1.29, 1.82) is 0 Å². The van der Waals surface area contributed by atoms with Crippen LogP contribution in [0.3, 0.4) is 0 Å². The van der Waals surface area contributed by atoms with Gasteiger partial charge < -0.3 is 10.1 Å². The highest BCUT2D eigenvalue weighted by Crippen LogP contribution is 2.21. The Morgan fingerprint density at radius 3 is 2.30 bits per heavy atom. The average molecular weight is 394 g/mol. The molecule has 8 heteroatoms. The van der Waals surface area contributed by atoms with Crippen molar-refractivity contribution < 1.29 is 22.3 Å². The van der Waals surface area contributed by atoms with Crippen LogP contribution < -0.4 is 14.4 Å². The van der Waals surface area contributed by atoms with Gasteiger partial charge >= 0.3 is 0 Å². The van der Waals surface area contributed by atoms with Crippen molar-refractivity contribution in [3.63, 3.8) is 0 Å². The smallest absolute Gasteiger partial charge is 0.243 e. The lowest BCUT2D eigenvalue weighted by atomic mass is 10.2. The van der Waals surface area contributed by atoms with E-state index in [-0.39, 0.29) is 19.0 Å². The maximum atomic E-state index is 12.8. The molecule has 146 valence electrons. The largest absolute Gasteiger partial charge is 0.492 e. The van der Waals surface area contributed by atoms with E-state index in [4.69, 9.17) is 4.74 Å². The quantitative estimate of drug-likeness (QED) is 0.698. The fourth-order valence-corrected chi connectivity index (χ4v) is 3.70. The molecule has 2 rings (SSSR count). The summed E-state index contributed by atoms with van der Waals surface area (Å²) in [4.78, 5) is 12.4. The van der Waals surface area contributed by atoms with Crippen LogP contribution in [0, 0.1) is 12.7 Å². The van der Waals surface area contributed by atoms with Gasteiger partial charge in [-0.2, -0.15) is 0 Å². The second-order valence-corrected chi connectivity index (χ2v) is 8.02. The van der Waals surface area contributed by atoms with Crippen molar-refractivity contribution in [1.82, 2.24) is 5.32 Å². The van der Waals surface area contributed by atoms with E-state index >= 15 is 0 Å². The highest BCUT2D eigenvalue weighted by atomic mass is 32.2. The molecule has 0 aliphatic rings. The number of hydrogen-bond acceptors (Lipinski definition) is 4. The van der Waals surface area contributed by atoms with Gasteiger partial charge in [0.05, 0.1) is 18.5 Å². The van der Waals surface area contributed by atoms with Crippen LogP contribution >= 0.6 is 0 Å². The predicted octanol–water partition coefficient (Wildman–Crippen LogP) is 2.48. The standard InChI is InChI=1S/C19H23FN2O4S/c1-14-4-8-17(9-5-14)22(27(3,24)25)15(2)19(23)21-12-13-26-18-10-6-16(20)7-11-18/h4-11,15H,12-13H2,1-3H3,(H,21,23). The lowest BCUT2D eigenvalue weighted by Gasteiger charge is -2.28. The molecule has 0 spiro atoms. The lowest BCUT2D eigenvalue weighted by molar-refractivity contribution is -0.121. The van der Waals surface area contributed by atoms with E-state index in [0.29, 0.717) is 11.4 Å². The number of hydrogen-bond donors (Lipinski definition) is 1. The fraction of sp³-hybridized carbons (Fsp3) is 0.316. The first kappa shape index (κ1) is 20.7. The first-order valence-corrected chi connectivity index (χ1v) is 10.3. The minimum Gasteiger partial charge on any atom is -0.492 e. The molecular weight excluding hydrogens is 371 g/mol. The molecule has 0 bridgehead atoms. The van der Waals surface area contributed by atoms with Gasteiger partial charge in [0.1, 0.15) is 24.2 Å². The van der Waals surface area contributed by atoms with Crippen LogP contribution in [-0.4, -0.2) is 39.8 Å². The number of aryl methyl sites for hydroxylation is 1. The molecule has 0 radical (unpaired) electrons. The Hall–Kier alpha value is -2.61. The van der Waals surface area contributed by atoms with Gasteiger partial charge in [0, 0.05) is 0 Å². The van der Waals surface area contributed by atoms with Gasteiger partial charge in [0.25, 0.3) is 0 Å². The SMILES string of the molecule is Cc1ccc(N(C(C)C(=O)NCCOc2ccc(F)cc2)S(C)(=O)=O)cc1. The zero-order valence-electron chi connectivity index (χ0n) is 15.5. The third-order valence-corrected chi connectivity index (χ3v) is 5.10. The molecule has 27 heavy (non-hydrogen) atoms. The number of amides is 1. The van der Waals surface area contributed by atoms with Gasteiger partial charge in [0.2, 0.25) is 15.9 Å². The van der Waals surface area contributed by atoms with E-state index in [9.17, 15) is 17.6 Å². The number of carbonyl (C=O) groups is 1. The minimum atomic E-state index is -3.65. The molecule has 1 unspecified atom stereocenters. The second-order valence-electron chi connectivity index (χ2n) is 6.16. The number of nitrogens with one attached hydrogen (secondary N) is 1. The summed E-state index contributed by atoms with van der Waals surface area (Å²) in [6.45, 7) is 3.78. The van der Waals surface area contributed by atoms with Gasteiger partial charge in [-0.25, -0.2) is 12.8 Å². The Kier molecular flexibility index (Phi) is 6.79. The number of nitrogens with zero attached hydrogens (tertiary/aromatic N) is 1. The summed E-state index contributed by atoms with van der Waals surface area (Å²) in [5.74, 6) is -0.318. The number of halogens is 1. The van der Waals surface area contributed by atoms with Gasteiger partial charge in [0.15, 0.2) is 0 Å². The third-order valence-electron chi connectivity index (χ3n) is 3.86. The molecule has 0 aliphatic heterocycles. The molecule has 0 aromatic heterocycles. The molecule has 6 nitrogen and oxygen atoms in total. The molecule has 0 fully saturated rings. The Morgan fingerprint density at radius 2 is 1.74 bits per heavy atom. The number of anilines is 1. The summed E-state index contributed by atoms with van der Waals surface area (Å²) in [6.07, 6.45) is 1.06. The minimum absolute atomic E-state index is 0.174. The average Bonchev–Trinajstić information content (AvgIpc) is 2.60. The molecule has 2 aromatic carbocycles. The summed E-state index contributed by atoms with van der Waals surface area (Å²) < 4.78 is 43.7. The maximum absolute atomic E-state index is 12.8. The number of ether oxygens (including phenoxy) is 1. The Morgan fingerprint density at radius 1 is 1.15 bits per heavy atom. The van der Waals surface area contributed by atoms with Crippen molar-refractivity contribution >= 4 is 21.6 Å². The van der Waals surface area contributed by atoms with Crippen LogP contribution in [0.4, 0.5) is 10.1 Å². The highest BCUT2D eigenvalue weighted by Gasteiger charge is 2.28. The molecule has 2 aromatic rings. The van der Waals surface area contributed by atoms with Gasteiger partial charge in [-0.15, -0.1) is 0 Å². The van der Waals surface area contributed by atoms with Crippen molar-refractivity contribution in [2.24, 2.45) is 0 Å². The van der Waals surface area contributed by atoms with Crippen LogP contribution in [0.2, 0.25) is 0 Å². The Labute approximate surface area is 159 Å². The molecule has 0 aliphatic carbocycles. The molecule has 0 saturated heterocycles. The molecular formula is C19H23FN2O4S. The van der Waals surface area contributed by atoms with E-state index in [1.54, 1.807) is 24.3 Å². The maximum Gasteiger partial charge on any atom is 0.243 e. The number of sulfonamides is 1. The zero-order chi connectivity index (χ0) is 20.0. The van der Waals surface area contributed by atoms with Crippen LogP contribution in [0.15, 0.2) is 48.5 Å². The predicted molar refractivity (Wildman–Crippen MR) is 103 cm³/mol. The number of rotatable bonds is 8. The zero-order valence-corrected chi connectivity index (χ0v) is 16.3. The summed E-state index contributed by atoms with van der Waals surface area (Å²) in [5.41, 5.74) is 1.41. The first-order chi connectivity index (χ1) is 12.7. The monoisotopic (exact) mass is 394 g/mol. The molecule has 0 heterocycles. The topological polar surface area (TPSA) is 75.7 Å². The number of carbonyl (C=O) groups excluding carboxylic acids is 1. The van der Waals surface area contributed by atoms with Crippen LogP contribution in [0.25, 0.3) is 0 Å². The van der Waals surface area contributed by atoms with Crippen molar-refractivity contribution in [2.45, 2.75) is 19.9 Å². The summed E-state index contributed by atoms with van der Waals surface area (Å²) in [7, 11) is -3.65. The Balaban J connectivity index is 1.96. The van der Waals surface area contributed by atoms with Gasteiger partial charge in [-0.05, 0) is 50.2 Å². The van der Waals surface area contributed by atoms with Gasteiger partial charge in [-0.3, -0.25) is 9.10 Å². The molecule has 1 atom stereocenters. The van der Waals surface area contributed by atoms with Crippen LogP contribution in [0.1, 0.15) is 12.5 Å². The van der Waals surface area contributed by atoms with E-state index in [2.05, 4.69) is 5.32 Å². The molecule has 1 amide bonds. The fourth-order valence-electron chi connectivity index (χ4n) is 2.52. The lowest BCUT2D eigenvalue weighted by Crippen LogP contribution is -2.48. The van der Waals surface area contributed by atoms with Crippen molar-refractivity contribution in [3.05, 3.63) is 59.9 Å². The Bertz CT molecular complexity index is 868. The summed E-state index contributed by atoms with van der Waals surface area (Å²) in [5, 5.41) is 2.65. The van der Waals surface area contributed by atoms with Crippen molar-refractivity contribution in [2.75, 3.05) is 23.7 Å². The normalized spacial score (nSPS) is 12.3. The van der Waals surface area contributed by atoms with Crippen LogP contribution in [0.5, 0.6) is 5.75 Å². The van der Waals surface area contributed by atoms with E-state index in [0.717, 1.165) is 16.1 Å². The second kappa shape index (κ2) is 8.85.